The minimum absolute atomic E-state index is 0.0114. The maximum Gasteiger partial charge on any atom is 0.246 e. The van der Waals surface area contributed by atoms with Gasteiger partial charge in [-0.1, -0.05) is 0 Å². The van der Waals surface area contributed by atoms with Gasteiger partial charge >= 0.3 is 0 Å². The van der Waals surface area contributed by atoms with Gasteiger partial charge in [-0.05, 0) is 12.8 Å². The molecule has 0 saturated carbocycles. The molecule has 5 nitrogen and oxygen atoms in total. The number of imide groups is 1. The van der Waals surface area contributed by atoms with E-state index in [1.54, 1.807) is 0 Å². The fourth-order valence-corrected chi connectivity index (χ4v) is 2.00. The van der Waals surface area contributed by atoms with E-state index in [9.17, 15) is 9.59 Å². The molecule has 0 unspecified atom stereocenters. The normalized spacial score (nSPS) is 30.1. The zero-order valence-electron chi connectivity index (χ0n) is 7.94. The van der Waals surface area contributed by atoms with Crippen LogP contribution in [0.5, 0.6) is 0 Å². The second-order valence-electron chi connectivity index (χ2n) is 3.76. The summed E-state index contributed by atoms with van der Waals surface area (Å²) >= 11 is 0. The Kier molecular flexibility index (Phi) is 2.52. The molecule has 5 heteroatoms. The Balaban J connectivity index is 2.08. The van der Waals surface area contributed by atoms with Crippen molar-refractivity contribution in [2.24, 2.45) is 5.73 Å². The fraction of sp³-hybridized carbons (Fsp3) is 0.778. The molecule has 78 valence electrons. The van der Waals surface area contributed by atoms with Crippen LogP contribution in [0.15, 0.2) is 0 Å². The van der Waals surface area contributed by atoms with Crippen molar-refractivity contribution in [2.75, 3.05) is 13.2 Å². The first-order valence-electron chi connectivity index (χ1n) is 4.89. The van der Waals surface area contributed by atoms with E-state index in [2.05, 4.69) is 0 Å². The number of likely N-dealkylation sites (tertiary alicyclic amines) is 1. The van der Waals surface area contributed by atoms with Crippen molar-refractivity contribution in [1.82, 2.24) is 4.90 Å². The molecule has 2 rings (SSSR count). The summed E-state index contributed by atoms with van der Waals surface area (Å²) in [6.07, 6.45) is 1.64. The van der Waals surface area contributed by atoms with Crippen LogP contribution in [0.3, 0.4) is 0 Å². The van der Waals surface area contributed by atoms with Crippen LogP contribution in [0.25, 0.3) is 0 Å². The van der Waals surface area contributed by atoms with Crippen molar-refractivity contribution in [1.29, 1.82) is 0 Å². The minimum Gasteiger partial charge on any atom is -0.381 e. The van der Waals surface area contributed by atoms with Gasteiger partial charge in [0.2, 0.25) is 11.8 Å². The Morgan fingerprint density at radius 1 is 1.29 bits per heavy atom. The lowest BCUT2D eigenvalue weighted by atomic mass is 10.1. The molecule has 0 aromatic carbocycles. The van der Waals surface area contributed by atoms with E-state index in [1.165, 1.54) is 4.90 Å². The van der Waals surface area contributed by atoms with Gasteiger partial charge in [0.15, 0.2) is 0 Å². The number of hydrogen-bond donors (Lipinski definition) is 1. The predicted octanol–water partition coefficient (Wildman–Crippen LogP) is -0.748. The third kappa shape index (κ3) is 1.53. The van der Waals surface area contributed by atoms with Crippen LogP contribution in [0.4, 0.5) is 0 Å². The molecule has 2 fully saturated rings. The number of rotatable bonds is 1. The zero-order chi connectivity index (χ0) is 10.1. The molecular formula is C9H14N2O3. The fourth-order valence-electron chi connectivity index (χ4n) is 2.00. The van der Waals surface area contributed by atoms with Crippen molar-refractivity contribution < 1.29 is 14.3 Å². The molecule has 2 N–H and O–H groups in total. The van der Waals surface area contributed by atoms with Crippen molar-refractivity contribution in [2.45, 2.75) is 31.3 Å². The van der Waals surface area contributed by atoms with E-state index in [4.69, 9.17) is 10.5 Å². The summed E-state index contributed by atoms with van der Waals surface area (Å²) in [7, 11) is 0. The van der Waals surface area contributed by atoms with Gasteiger partial charge in [-0.25, -0.2) is 0 Å². The van der Waals surface area contributed by atoms with Crippen LogP contribution in [-0.4, -0.2) is 42.0 Å². The molecule has 2 heterocycles. The molecule has 14 heavy (non-hydrogen) atoms. The Morgan fingerprint density at radius 3 is 2.43 bits per heavy atom. The van der Waals surface area contributed by atoms with E-state index < -0.39 is 6.04 Å². The highest BCUT2D eigenvalue weighted by Gasteiger charge is 2.40. The van der Waals surface area contributed by atoms with Crippen LogP contribution < -0.4 is 5.73 Å². The lowest BCUT2D eigenvalue weighted by molar-refractivity contribution is -0.143. The Hall–Kier alpha value is -0.940. The molecule has 2 saturated heterocycles. The highest BCUT2D eigenvalue weighted by molar-refractivity contribution is 6.05. The number of ether oxygens (including phenoxy) is 1. The van der Waals surface area contributed by atoms with Gasteiger partial charge in [-0.3, -0.25) is 14.5 Å². The van der Waals surface area contributed by atoms with Crippen molar-refractivity contribution >= 4 is 11.8 Å². The van der Waals surface area contributed by atoms with Crippen molar-refractivity contribution in [3.8, 4) is 0 Å². The molecule has 0 aliphatic carbocycles. The molecule has 2 aliphatic heterocycles. The lowest BCUT2D eigenvalue weighted by Gasteiger charge is -2.29. The number of nitrogens with two attached hydrogens (primary N) is 1. The van der Waals surface area contributed by atoms with Gasteiger partial charge in [0.05, 0.1) is 12.5 Å². The summed E-state index contributed by atoms with van der Waals surface area (Å²) in [4.78, 5) is 24.4. The SMILES string of the molecule is N[C@H]1CC(=O)N(C2CCOCC2)C1=O. The molecule has 0 aromatic rings. The van der Waals surface area contributed by atoms with E-state index in [1.807, 2.05) is 0 Å². The largest absolute Gasteiger partial charge is 0.381 e. The van der Waals surface area contributed by atoms with Gasteiger partial charge in [0, 0.05) is 19.3 Å². The summed E-state index contributed by atoms with van der Waals surface area (Å²) in [5.74, 6) is -0.351. The molecule has 0 radical (unpaired) electrons. The van der Waals surface area contributed by atoms with Crippen LogP contribution in [0.1, 0.15) is 19.3 Å². The number of carbonyl (C=O) groups excluding carboxylic acids is 2. The Labute approximate surface area is 82.2 Å². The smallest absolute Gasteiger partial charge is 0.246 e. The maximum atomic E-state index is 11.6. The molecule has 0 spiro atoms. The predicted molar refractivity (Wildman–Crippen MR) is 48.3 cm³/mol. The molecule has 0 bridgehead atoms. The van der Waals surface area contributed by atoms with E-state index in [0.29, 0.717) is 13.2 Å². The molecular weight excluding hydrogens is 184 g/mol. The summed E-state index contributed by atoms with van der Waals surface area (Å²) in [5, 5.41) is 0. The Bertz CT molecular complexity index is 261. The van der Waals surface area contributed by atoms with Crippen LogP contribution >= 0.6 is 0 Å². The minimum atomic E-state index is -0.620. The number of carbonyl (C=O) groups is 2. The lowest BCUT2D eigenvalue weighted by Crippen LogP contribution is -2.45. The first-order chi connectivity index (χ1) is 6.70. The van der Waals surface area contributed by atoms with Crippen LogP contribution in [0.2, 0.25) is 0 Å². The highest BCUT2D eigenvalue weighted by Crippen LogP contribution is 2.21. The summed E-state index contributed by atoms with van der Waals surface area (Å²) in [6.45, 7) is 1.24. The van der Waals surface area contributed by atoms with Gasteiger partial charge in [0.1, 0.15) is 0 Å². The summed E-state index contributed by atoms with van der Waals surface area (Å²) < 4.78 is 5.18. The third-order valence-corrected chi connectivity index (χ3v) is 2.77. The van der Waals surface area contributed by atoms with Gasteiger partial charge < -0.3 is 10.5 Å². The van der Waals surface area contributed by atoms with E-state index in [0.717, 1.165) is 12.8 Å². The van der Waals surface area contributed by atoms with Crippen molar-refractivity contribution in [3.05, 3.63) is 0 Å². The second-order valence-corrected chi connectivity index (χ2v) is 3.76. The average molecular weight is 198 g/mol. The topological polar surface area (TPSA) is 72.6 Å². The van der Waals surface area contributed by atoms with Crippen LogP contribution in [-0.2, 0) is 14.3 Å². The monoisotopic (exact) mass is 198 g/mol. The average Bonchev–Trinajstić information content (AvgIpc) is 2.43. The van der Waals surface area contributed by atoms with Gasteiger partial charge in [-0.15, -0.1) is 0 Å². The third-order valence-electron chi connectivity index (χ3n) is 2.77. The first-order valence-corrected chi connectivity index (χ1v) is 4.89. The highest BCUT2D eigenvalue weighted by atomic mass is 16.5. The first kappa shape index (κ1) is 9.61. The number of amides is 2. The van der Waals surface area contributed by atoms with Crippen molar-refractivity contribution in [3.63, 3.8) is 0 Å². The number of hydrogen-bond acceptors (Lipinski definition) is 4. The summed E-state index contributed by atoms with van der Waals surface area (Å²) in [5.41, 5.74) is 5.52. The van der Waals surface area contributed by atoms with Crippen LogP contribution in [0, 0.1) is 0 Å². The second kappa shape index (κ2) is 3.67. The van der Waals surface area contributed by atoms with E-state index >= 15 is 0 Å². The molecule has 0 aromatic heterocycles. The molecule has 2 amide bonds. The molecule has 1 atom stereocenters. The Morgan fingerprint density at radius 2 is 1.93 bits per heavy atom. The number of nitrogens with zero attached hydrogens (tertiary/aromatic N) is 1. The van der Waals surface area contributed by atoms with Gasteiger partial charge in [-0.2, -0.15) is 0 Å². The van der Waals surface area contributed by atoms with Gasteiger partial charge in [0.25, 0.3) is 0 Å². The molecule has 2 aliphatic rings. The van der Waals surface area contributed by atoms with E-state index in [-0.39, 0.29) is 24.3 Å². The standard InChI is InChI=1S/C9H14N2O3/c10-7-5-8(12)11(9(7)13)6-1-3-14-4-2-6/h6-7H,1-5,10H2/t7-/m0/s1. The zero-order valence-corrected chi connectivity index (χ0v) is 7.94. The summed E-state index contributed by atoms with van der Waals surface area (Å²) in [6, 6.07) is -0.609. The quantitative estimate of drug-likeness (QED) is 0.563. The maximum absolute atomic E-state index is 11.6.